The fraction of sp³-hybridized carbons (Fsp3) is 0.143. The van der Waals surface area contributed by atoms with Gasteiger partial charge in [0.25, 0.3) is 0 Å². The van der Waals surface area contributed by atoms with E-state index in [0.29, 0.717) is 3.57 Å². The molecule has 0 radical (unpaired) electrons. The van der Waals surface area contributed by atoms with Crippen molar-refractivity contribution in [2.75, 3.05) is 15.8 Å². The molecule has 3 rings (SSSR count). The monoisotopic (exact) mass is 564 g/mol. The van der Waals surface area contributed by atoms with E-state index >= 15 is 0 Å². The van der Waals surface area contributed by atoms with Crippen LogP contribution in [0, 0.1) is 26.8 Å². The molecule has 0 heterocycles. The van der Waals surface area contributed by atoms with E-state index in [-0.39, 0.29) is 40.4 Å². The molecule has 10 heteroatoms. The summed E-state index contributed by atoms with van der Waals surface area (Å²) in [6, 6.07) is 10.7. The summed E-state index contributed by atoms with van der Waals surface area (Å²) < 4.78 is 84.0. The maximum absolute atomic E-state index is 14.7. The quantitative estimate of drug-likeness (QED) is 0.276. The number of hydrogen-bond donors (Lipinski definition) is 2. The molecule has 3 aromatic carbocycles. The normalized spacial score (nSPS) is 11.4. The number of halogens is 5. The minimum Gasteiger partial charge on any atom is -0.351 e. The number of anilines is 3. The standard InChI is InChI=1S/C21H17F4IN2O2S/c1-2-31(29,30)28-18-5-3-4-12(19(18)23)10-13-6-8-17(21(25)20(13)24)27-16-9-7-14(26)11-15(16)22/h3-9,11,27-28H,2,10H2,1H3. The van der Waals surface area contributed by atoms with Gasteiger partial charge in [-0.1, -0.05) is 18.2 Å². The summed E-state index contributed by atoms with van der Waals surface area (Å²) in [6.07, 6.45) is -0.311. The lowest BCUT2D eigenvalue weighted by atomic mass is 10.0. The molecule has 0 fully saturated rings. The summed E-state index contributed by atoms with van der Waals surface area (Å²) in [7, 11) is -3.70. The zero-order valence-corrected chi connectivity index (χ0v) is 19.1. The van der Waals surface area contributed by atoms with E-state index < -0.39 is 33.3 Å². The van der Waals surface area contributed by atoms with Crippen LogP contribution in [0.2, 0.25) is 0 Å². The first-order chi connectivity index (χ1) is 14.6. The summed E-state index contributed by atoms with van der Waals surface area (Å²) >= 11 is 1.92. The Balaban J connectivity index is 1.88. The highest BCUT2D eigenvalue weighted by Gasteiger charge is 2.18. The Hall–Kier alpha value is -2.34. The van der Waals surface area contributed by atoms with Gasteiger partial charge in [0.1, 0.15) is 5.82 Å². The molecular weight excluding hydrogens is 547 g/mol. The third kappa shape index (κ3) is 5.48. The van der Waals surface area contributed by atoms with Crippen LogP contribution >= 0.6 is 22.6 Å². The largest absolute Gasteiger partial charge is 0.351 e. The van der Waals surface area contributed by atoms with Gasteiger partial charge in [0.15, 0.2) is 17.5 Å². The molecule has 0 spiro atoms. The number of hydrogen-bond acceptors (Lipinski definition) is 3. The van der Waals surface area contributed by atoms with Gasteiger partial charge in [0.2, 0.25) is 10.0 Å². The third-order valence-corrected chi connectivity index (χ3v) is 6.43. The molecule has 3 aromatic rings. The molecule has 0 aliphatic heterocycles. The van der Waals surface area contributed by atoms with Crippen molar-refractivity contribution in [3.8, 4) is 0 Å². The molecular formula is C21H17F4IN2O2S. The zero-order chi connectivity index (χ0) is 22.8. The second-order valence-corrected chi connectivity index (χ2v) is 9.87. The maximum Gasteiger partial charge on any atom is 0.232 e. The van der Waals surface area contributed by atoms with Crippen LogP contribution in [0.15, 0.2) is 48.5 Å². The lowest BCUT2D eigenvalue weighted by Crippen LogP contribution is -2.16. The minimum atomic E-state index is -3.70. The molecule has 2 N–H and O–H groups in total. The Kier molecular flexibility index (Phi) is 7.10. The van der Waals surface area contributed by atoms with Crippen molar-refractivity contribution >= 4 is 49.7 Å². The molecule has 0 saturated carbocycles. The van der Waals surface area contributed by atoms with Gasteiger partial charge < -0.3 is 5.32 Å². The van der Waals surface area contributed by atoms with Gasteiger partial charge in [-0.15, -0.1) is 0 Å². The summed E-state index contributed by atoms with van der Waals surface area (Å²) in [5, 5.41) is 2.51. The first-order valence-corrected chi connectivity index (χ1v) is 11.8. The number of rotatable bonds is 7. The van der Waals surface area contributed by atoms with Crippen LogP contribution in [0.4, 0.5) is 34.6 Å². The van der Waals surface area contributed by atoms with E-state index in [0.717, 1.165) is 0 Å². The molecule has 0 amide bonds. The number of benzene rings is 3. The van der Waals surface area contributed by atoms with Gasteiger partial charge in [-0.05, 0) is 71.0 Å². The highest BCUT2D eigenvalue weighted by Crippen LogP contribution is 2.29. The van der Waals surface area contributed by atoms with Crippen LogP contribution in [-0.2, 0) is 16.4 Å². The molecule has 0 bridgehead atoms. The summed E-state index contributed by atoms with van der Waals surface area (Å²) in [5.41, 5.74) is -0.716. The Morgan fingerprint density at radius 2 is 1.52 bits per heavy atom. The third-order valence-electron chi connectivity index (χ3n) is 4.47. The second-order valence-electron chi connectivity index (χ2n) is 6.61. The van der Waals surface area contributed by atoms with Crippen molar-refractivity contribution in [2.24, 2.45) is 0 Å². The van der Waals surface area contributed by atoms with Crippen LogP contribution in [0.25, 0.3) is 0 Å². The topological polar surface area (TPSA) is 58.2 Å². The van der Waals surface area contributed by atoms with Gasteiger partial charge in [0.05, 0.1) is 22.8 Å². The van der Waals surface area contributed by atoms with Gasteiger partial charge in [-0.3, -0.25) is 4.72 Å². The fourth-order valence-electron chi connectivity index (χ4n) is 2.80. The molecule has 31 heavy (non-hydrogen) atoms. The minimum absolute atomic E-state index is 0.0148. The van der Waals surface area contributed by atoms with Crippen LogP contribution in [0.1, 0.15) is 18.1 Å². The smallest absolute Gasteiger partial charge is 0.232 e. The van der Waals surface area contributed by atoms with Crippen molar-refractivity contribution in [1.29, 1.82) is 0 Å². The van der Waals surface area contributed by atoms with Gasteiger partial charge in [-0.25, -0.2) is 26.0 Å². The molecule has 0 atom stereocenters. The van der Waals surface area contributed by atoms with Crippen molar-refractivity contribution in [3.63, 3.8) is 0 Å². The van der Waals surface area contributed by atoms with Crippen LogP contribution < -0.4 is 10.0 Å². The lowest BCUT2D eigenvalue weighted by Gasteiger charge is -2.13. The molecule has 0 aliphatic rings. The molecule has 0 aliphatic carbocycles. The van der Waals surface area contributed by atoms with E-state index in [2.05, 4.69) is 10.0 Å². The number of sulfonamides is 1. The Labute approximate surface area is 190 Å². The maximum atomic E-state index is 14.7. The molecule has 0 aromatic heterocycles. The molecule has 164 valence electrons. The number of nitrogens with one attached hydrogen (secondary N) is 2. The van der Waals surface area contributed by atoms with E-state index in [9.17, 15) is 26.0 Å². The Bertz CT molecular complexity index is 1240. The predicted molar refractivity (Wildman–Crippen MR) is 121 cm³/mol. The Morgan fingerprint density at radius 1 is 0.839 bits per heavy atom. The van der Waals surface area contributed by atoms with Gasteiger partial charge in [0, 0.05) is 9.99 Å². The first-order valence-electron chi connectivity index (χ1n) is 9.08. The van der Waals surface area contributed by atoms with E-state index in [1.54, 1.807) is 6.07 Å². The van der Waals surface area contributed by atoms with E-state index in [4.69, 9.17) is 0 Å². The summed E-state index contributed by atoms with van der Waals surface area (Å²) in [5.74, 6) is -4.19. The Morgan fingerprint density at radius 3 is 2.19 bits per heavy atom. The first kappa shape index (κ1) is 23.3. The van der Waals surface area contributed by atoms with Crippen LogP contribution in [0.5, 0.6) is 0 Å². The second kappa shape index (κ2) is 9.43. The molecule has 0 unspecified atom stereocenters. The van der Waals surface area contributed by atoms with E-state index in [1.807, 2.05) is 22.6 Å². The van der Waals surface area contributed by atoms with Crippen LogP contribution in [0.3, 0.4) is 0 Å². The lowest BCUT2D eigenvalue weighted by molar-refractivity contribution is 0.502. The molecule has 4 nitrogen and oxygen atoms in total. The van der Waals surface area contributed by atoms with Crippen molar-refractivity contribution < 1.29 is 26.0 Å². The highest BCUT2D eigenvalue weighted by molar-refractivity contribution is 14.1. The van der Waals surface area contributed by atoms with Gasteiger partial charge in [-0.2, -0.15) is 0 Å². The van der Waals surface area contributed by atoms with Crippen molar-refractivity contribution in [3.05, 3.63) is 86.5 Å². The summed E-state index contributed by atoms with van der Waals surface area (Å²) in [6.45, 7) is 1.40. The predicted octanol–water partition coefficient (Wildman–Crippen LogP) is 5.94. The van der Waals surface area contributed by atoms with Crippen molar-refractivity contribution in [2.45, 2.75) is 13.3 Å². The summed E-state index contributed by atoms with van der Waals surface area (Å²) in [4.78, 5) is 0. The average Bonchev–Trinajstić information content (AvgIpc) is 2.72. The SMILES string of the molecule is CCS(=O)(=O)Nc1cccc(Cc2ccc(Nc3ccc(I)cc3F)c(F)c2F)c1F. The zero-order valence-electron chi connectivity index (χ0n) is 16.1. The van der Waals surface area contributed by atoms with E-state index in [1.165, 1.54) is 49.4 Å². The highest BCUT2D eigenvalue weighted by atomic mass is 127. The average molecular weight is 564 g/mol. The van der Waals surface area contributed by atoms with Crippen LogP contribution in [-0.4, -0.2) is 14.2 Å². The van der Waals surface area contributed by atoms with Crippen molar-refractivity contribution in [1.82, 2.24) is 0 Å². The fourth-order valence-corrected chi connectivity index (χ4v) is 3.89. The molecule has 0 saturated heterocycles. The van der Waals surface area contributed by atoms with Gasteiger partial charge >= 0.3 is 0 Å².